The van der Waals surface area contributed by atoms with E-state index in [2.05, 4.69) is 20.7 Å². The topological polar surface area (TPSA) is 81.9 Å². The molecule has 0 aliphatic rings. The highest BCUT2D eigenvalue weighted by Gasteiger charge is 2.09. The lowest BCUT2D eigenvalue weighted by Crippen LogP contribution is -2.20. The molecule has 0 spiro atoms. The predicted molar refractivity (Wildman–Crippen MR) is 93.1 cm³/mol. The number of hydrogen-bond donors (Lipinski definition) is 1. The molecule has 1 heterocycles. The van der Waals surface area contributed by atoms with Gasteiger partial charge in [0, 0.05) is 5.69 Å². The van der Waals surface area contributed by atoms with Crippen LogP contribution in [0.4, 0.5) is 5.69 Å². The summed E-state index contributed by atoms with van der Waals surface area (Å²) < 4.78 is 5.55. The van der Waals surface area contributed by atoms with Gasteiger partial charge in [0.2, 0.25) is 11.7 Å². The van der Waals surface area contributed by atoms with Crippen molar-refractivity contribution in [2.24, 2.45) is 0 Å². The van der Waals surface area contributed by atoms with E-state index in [1.54, 1.807) is 0 Å². The lowest BCUT2D eigenvalue weighted by molar-refractivity contribution is -0.117. The van der Waals surface area contributed by atoms with E-state index < -0.39 is 0 Å². The number of amides is 1. The molecule has 25 heavy (non-hydrogen) atoms. The van der Waals surface area contributed by atoms with Crippen LogP contribution in [-0.4, -0.2) is 26.1 Å². The summed E-state index contributed by atoms with van der Waals surface area (Å²) in [5.41, 5.74) is 3.05. The highest BCUT2D eigenvalue weighted by atomic mass is 16.5. The zero-order chi connectivity index (χ0) is 17.6. The van der Waals surface area contributed by atoms with E-state index in [0.717, 1.165) is 17.0 Å². The molecule has 0 unspecified atom stereocenters. The Bertz CT molecular complexity index is 861. The number of para-hydroxylation sites is 1. The molecule has 0 saturated heterocycles. The first-order chi connectivity index (χ1) is 12.1. The van der Waals surface area contributed by atoms with E-state index in [4.69, 9.17) is 4.74 Å². The molecule has 1 N–H and O–H groups in total. The smallest absolute Gasteiger partial charge is 0.248 e. The van der Waals surface area contributed by atoms with Gasteiger partial charge >= 0.3 is 0 Å². The van der Waals surface area contributed by atoms with Crippen molar-refractivity contribution >= 4 is 11.6 Å². The van der Waals surface area contributed by atoms with Gasteiger partial charge in [-0.2, -0.15) is 4.80 Å². The van der Waals surface area contributed by atoms with E-state index in [-0.39, 0.29) is 19.1 Å². The molecule has 0 saturated carbocycles. The van der Waals surface area contributed by atoms with Gasteiger partial charge in [-0.3, -0.25) is 4.79 Å². The molecule has 0 bridgehead atoms. The van der Waals surface area contributed by atoms with Gasteiger partial charge in [-0.05, 0) is 54.5 Å². The molecule has 128 valence electrons. The molecule has 3 aromatic rings. The van der Waals surface area contributed by atoms with Crippen LogP contribution < -0.4 is 10.1 Å². The third kappa shape index (κ3) is 4.63. The Morgan fingerprint density at radius 3 is 2.68 bits per heavy atom. The molecule has 2 aromatic carbocycles. The minimum atomic E-state index is -0.212. The fourth-order valence-corrected chi connectivity index (χ4v) is 2.21. The first-order valence-electron chi connectivity index (χ1n) is 7.92. The highest BCUT2D eigenvalue weighted by molar-refractivity contribution is 5.90. The van der Waals surface area contributed by atoms with Crippen molar-refractivity contribution in [3.63, 3.8) is 0 Å². The molecule has 0 aliphatic carbocycles. The van der Waals surface area contributed by atoms with E-state index in [0.29, 0.717) is 5.82 Å². The van der Waals surface area contributed by atoms with E-state index in [9.17, 15) is 4.79 Å². The molecule has 0 radical (unpaired) electrons. The number of hydrogen-bond acceptors (Lipinski definition) is 5. The van der Waals surface area contributed by atoms with Crippen molar-refractivity contribution in [2.45, 2.75) is 27.0 Å². The minimum absolute atomic E-state index is 0.00867. The van der Waals surface area contributed by atoms with Crippen LogP contribution in [0.15, 0.2) is 48.5 Å². The Hall–Kier alpha value is -3.22. The van der Waals surface area contributed by atoms with Crippen LogP contribution in [0, 0.1) is 13.8 Å². The fraction of sp³-hybridized carbons (Fsp3) is 0.222. The highest BCUT2D eigenvalue weighted by Crippen LogP contribution is 2.14. The average molecular weight is 337 g/mol. The van der Waals surface area contributed by atoms with E-state index in [1.807, 2.05) is 62.4 Å². The molecule has 1 aromatic heterocycles. The van der Waals surface area contributed by atoms with Gasteiger partial charge in [-0.25, -0.2) is 0 Å². The third-order valence-electron chi connectivity index (χ3n) is 3.68. The summed E-state index contributed by atoms with van der Waals surface area (Å²) in [5, 5.41) is 14.7. The molecule has 7 nitrogen and oxygen atoms in total. The number of nitrogens with one attached hydrogen (secondary N) is 1. The summed E-state index contributed by atoms with van der Waals surface area (Å²) in [4.78, 5) is 13.3. The largest absolute Gasteiger partial charge is 0.485 e. The van der Waals surface area contributed by atoms with Crippen molar-refractivity contribution in [2.75, 3.05) is 5.32 Å². The van der Waals surface area contributed by atoms with Crippen molar-refractivity contribution < 1.29 is 9.53 Å². The minimum Gasteiger partial charge on any atom is -0.485 e. The quantitative estimate of drug-likeness (QED) is 0.747. The Labute approximate surface area is 145 Å². The summed E-state index contributed by atoms with van der Waals surface area (Å²) in [6.45, 7) is 4.22. The van der Waals surface area contributed by atoms with Crippen LogP contribution in [0.1, 0.15) is 17.0 Å². The maximum atomic E-state index is 12.1. The van der Waals surface area contributed by atoms with Crippen molar-refractivity contribution in [1.82, 2.24) is 20.2 Å². The molecule has 0 fully saturated rings. The van der Waals surface area contributed by atoms with Gasteiger partial charge in [0.15, 0.2) is 6.61 Å². The second-order valence-electron chi connectivity index (χ2n) is 5.69. The molecule has 1 amide bonds. The Morgan fingerprint density at radius 1 is 1.12 bits per heavy atom. The molecule has 7 heteroatoms. The Balaban J connectivity index is 1.53. The molecule has 3 rings (SSSR count). The SMILES string of the molecule is Cc1ccc(NC(=O)Cn2nnc(COc3ccccc3)n2)cc1C. The van der Waals surface area contributed by atoms with Crippen LogP contribution in [0.3, 0.4) is 0 Å². The van der Waals surface area contributed by atoms with Crippen molar-refractivity contribution in [3.8, 4) is 5.75 Å². The lowest BCUT2D eigenvalue weighted by Gasteiger charge is -2.07. The maximum Gasteiger partial charge on any atom is 0.248 e. The second-order valence-corrected chi connectivity index (χ2v) is 5.69. The third-order valence-corrected chi connectivity index (χ3v) is 3.68. The van der Waals surface area contributed by atoms with Crippen LogP contribution in [0.2, 0.25) is 0 Å². The van der Waals surface area contributed by atoms with E-state index in [1.165, 1.54) is 10.4 Å². The monoisotopic (exact) mass is 337 g/mol. The predicted octanol–water partition coefficient (Wildman–Crippen LogP) is 2.51. The average Bonchev–Trinajstić information content (AvgIpc) is 3.04. The number of ether oxygens (including phenoxy) is 1. The number of rotatable bonds is 6. The molecular formula is C18H19N5O2. The number of aromatic nitrogens is 4. The summed E-state index contributed by atoms with van der Waals surface area (Å²) in [7, 11) is 0. The van der Waals surface area contributed by atoms with Gasteiger partial charge in [0.1, 0.15) is 12.3 Å². The normalized spacial score (nSPS) is 10.5. The van der Waals surface area contributed by atoms with Crippen LogP contribution >= 0.6 is 0 Å². The fourth-order valence-electron chi connectivity index (χ4n) is 2.21. The summed E-state index contributed by atoms with van der Waals surface area (Å²) in [6, 6.07) is 15.2. The number of aryl methyl sites for hydroxylation is 2. The van der Waals surface area contributed by atoms with Crippen LogP contribution in [-0.2, 0) is 17.9 Å². The van der Waals surface area contributed by atoms with Gasteiger partial charge in [-0.1, -0.05) is 24.3 Å². The maximum absolute atomic E-state index is 12.1. The number of nitrogens with zero attached hydrogens (tertiary/aromatic N) is 4. The molecular weight excluding hydrogens is 318 g/mol. The van der Waals surface area contributed by atoms with E-state index >= 15 is 0 Å². The number of anilines is 1. The van der Waals surface area contributed by atoms with Gasteiger partial charge in [0.05, 0.1) is 0 Å². The first kappa shape index (κ1) is 16.6. The van der Waals surface area contributed by atoms with Gasteiger partial charge < -0.3 is 10.1 Å². The number of carbonyl (C=O) groups is 1. The number of tetrazole rings is 1. The zero-order valence-electron chi connectivity index (χ0n) is 14.1. The number of benzene rings is 2. The van der Waals surface area contributed by atoms with Gasteiger partial charge in [-0.15, -0.1) is 10.2 Å². The zero-order valence-corrected chi connectivity index (χ0v) is 14.1. The summed E-state index contributed by atoms with van der Waals surface area (Å²) >= 11 is 0. The Kier molecular flexibility index (Phi) is 5.03. The molecule has 0 atom stereocenters. The summed E-state index contributed by atoms with van der Waals surface area (Å²) in [6.07, 6.45) is 0. The van der Waals surface area contributed by atoms with Crippen LogP contribution in [0.5, 0.6) is 5.75 Å². The lowest BCUT2D eigenvalue weighted by atomic mass is 10.1. The van der Waals surface area contributed by atoms with Gasteiger partial charge in [0.25, 0.3) is 0 Å². The molecule has 0 aliphatic heterocycles. The standard InChI is InChI=1S/C18H19N5O2/c1-13-8-9-15(10-14(13)2)19-18(24)11-23-21-17(20-22-23)12-25-16-6-4-3-5-7-16/h3-10H,11-12H2,1-2H3,(H,19,24). The first-order valence-corrected chi connectivity index (χ1v) is 7.92. The second kappa shape index (κ2) is 7.57. The van der Waals surface area contributed by atoms with Crippen molar-refractivity contribution in [3.05, 3.63) is 65.5 Å². The van der Waals surface area contributed by atoms with Crippen molar-refractivity contribution in [1.29, 1.82) is 0 Å². The van der Waals surface area contributed by atoms with Crippen LogP contribution in [0.25, 0.3) is 0 Å². The summed E-state index contributed by atoms with van der Waals surface area (Å²) in [5.74, 6) is 0.936. The Morgan fingerprint density at radius 2 is 1.92 bits per heavy atom. The number of carbonyl (C=O) groups excluding carboxylic acids is 1.